The first-order valence-corrected chi connectivity index (χ1v) is 2.70. The van der Waals surface area contributed by atoms with Gasteiger partial charge in [-0.3, -0.25) is 9.59 Å². The van der Waals surface area contributed by atoms with Gasteiger partial charge in [0.15, 0.2) is 18.2 Å². The van der Waals surface area contributed by atoms with E-state index in [9.17, 15) is 14.4 Å². The number of ether oxygens (including phenoxy) is 1. The van der Waals surface area contributed by atoms with Gasteiger partial charge < -0.3 is 9.53 Å². The molecule has 0 rings (SSSR count). The number of carbonyl (C=O) groups is 3. The third kappa shape index (κ3) is 2.50. The summed E-state index contributed by atoms with van der Waals surface area (Å²) in [5.74, 6) is -0.507. The standard InChI is InChI=1S/C6H8O4/c1-10-6(4-8)5(9)2-3-7/h3-4,6H,2H2,1H3/t6-/m1/s1. The van der Waals surface area contributed by atoms with E-state index in [0.717, 1.165) is 0 Å². The molecule has 0 saturated heterocycles. The van der Waals surface area contributed by atoms with Crippen LogP contribution in [0.4, 0.5) is 0 Å². The fourth-order valence-electron chi connectivity index (χ4n) is 0.461. The summed E-state index contributed by atoms with van der Waals surface area (Å²) in [5.41, 5.74) is 0. The van der Waals surface area contributed by atoms with Gasteiger partial charge in [-0.05, 0) is 0 Å². The van der Waals surface area contributed by atoms with Crippen molar-refractivity contribution in [1.29, 1.82) is 0 Å². The van der Waals surface area contributed by atoms with E-state index in [1.165, 1.54) is 7.11 Å². The molecule has 0 fully saturated rings. The van der Waals surface area contributed by atoms with Gasteiger partial charge in [0, 0.05) is 7.11 Å². The lowest BCUT2D eigenvalue weighted by Gasteiger charge is -2.02. The molecule has 0 bridgehead atoms. The molecule has 1 atom stereocenters. The monoisotopic (exact) mass is 144 g/mol. The van der Waals surface area contributed by atoms with Crippen LogP contribution in [0.5, 0.6) is 0 Å². The zero-order chi connectivity index (χ0) is 7.98. The molecule has 10 heavy (non-hydrogen) atoms. The fraction of sp³-hybridized carbons (Fsp3) is 0.500. The van der Waals surface area contributed by atoms with Crippen molar-refractivity contribution in [3.8, 4) is 0 Å². The van der Waals surface area contributed by atoms with Gasteiger partial charge in [-0.25, -0.2) is 0 Å². The number of rotatable bonds is 5. The molecule has 56 valence electrons. The Kier molecular flexibility index (Phi) is 4.32. The Morgan fingerprint density at radius 1 is 1.60 bits per heavy atom. The Balaban J connectivity index is 3.87. The lowest BCUT2D eigenvalue weighted by Crippen LogP contribution is -2.24. The number of carbonyl (C=O) groups excluding carboxylic acids is 3. The van der Waals surface area contributed by atoms with Gasteiger partial charge >= 0.3 is 0 Å². The summed E-state index contributed by atoms with van der Waals surface area (Å²) in [6, 6.07) is 0. The van der Waals surface area contributed by atoms with Gasteiger partial charge in [0.05, 0.1) is 6.42 Å². The summed E-state index contributed by atoms with van der Waals surface area (Å²) in [7, 11) is 1.24. The molecule has 0 aromatic heterocycles. The van der Waals surface area contributed by atoms with E-state index in [0.29, 0.717) is 12.6 Å². The van der Waals surface area contributed by atoms with Crippen molar-refractivity contribution < 1.29 is 19.1 Å². The predicted molar refractivity (Wildman–Crippen MR) is 32.5 cm³/mol. The number of ketones is 1. The van der Waals surface area contributed by atoms with Crippen LogP contribution < -0.4 is 0 Å². The van der Waals surface area contributed by atoms with Crippen LogP contribution in [0.2, 0.25) is 0 Å². The Hall–Kier alpha value is -1.03. The van der Waals surface area contributed by atoms with Crippen molar-refractivity contribution in [3.05, 3.63) is 0 Å². The van der Waals surface area contributed by atoms with E-state index in [-0.39, 0.29) is 6.42 Å². The third-order valence-corrected chi connectivity index (χ3v) is 0.979. The van der Waals surface area contributed by atoms with E-state index in [2.05, 4.69) is 4.74 Å². The highest BCUT2D eigenvalue weighted by molar-refractivity contribution is 6.01. The molecule has 0 aromatic rings. The van der Waals surface area contributed by atoms with Crippen LogP contribution in [0.25, 0.3) is 0 Å². The Morgan fingerprint density at radius 2 is 2.20 bits per heavy atom. The van der Waals surface area contributed by atoms with Crippen molar-refractivity contribution in [1.82, 2.24) is 0 Å². The molecule has 0 saturated carbocycles. The van der Waals surface area contributed by atoms with Crippen LogP contribution in [0.15, 0.2) is 0 Å². The normalized spacial score (nSPS) is 12.1. The first kappa shape index (κ1) is 8.97. The zero-order valence-electron chi connectivity index (χ0n) is 5.57. The number of aldehydes is 2. The summed E-state index contributed by atoms with van der Waals surface area (Å²) in [4.78, 5) is 30.4. The van der Waals surface area contributed by atoms with Crippen LogP contribution in [0.3, 0.4) is 0 Å². The molecular weight excluding hydrogens is 136 g/mol. The lowest BCUT2D eigenvalue weighted by atomic mass is 10.2. The van der Waals surface area contributed by atoms with Crippen LogP contribution in [-0.2, 0) is 19.1 Å². The molecule has 4 heteroatoms. The van der Waals surface area contributed by atoms with Gasteiger partial charge in [0.1, 0.15) is 6.29 Å². The highest BCUT2D eigenvalue weighted by Gasteiger charge is 2.14. The minimum atomic E-state index is -1.08. The summed E-state index contributed by atoms with van der Waals surface area (Å²) >= 11 is 0. The van der Waals surface area contributed by atoms with Gasteiger partial charge in [-0.2, -0.15) is 0 Å². The summed E-state index contributed by atoms with van der Waals surface area (Å²) in [6.07, 6.45) is -0.536. The van der Waals surface area contributed by atoms with Crippen LogP contribution in [0.1, 0.15) is 6.42 Å². The van der Waals surface area contributed by atoms with Gasteiger partial charge in [0.25, 0.3) is 0 Å². The molecule has 0 aromatic carbocycles. The fourth-order valence-corrected chi connectivity index (χ4v) is 0.461. The number of hydrogen-bond donors (Lipinski definition) is 0. The van der Waals surface area contributed by atoms with Crippen LogP contribution >= 0.6 is 0 Å². The minimum absolute atomic E-state index is 0.267. The first-order valence-electron chi connectivity index (χ1n) is 2.70. The van der Waals surface area contributed by atoms with E-state index in [1.54, 1.807) is 0 Å². The molecule has 0 N–H and O–H groups in total. The van der Waals surface area contributed by atoms with E-state index >= 15 is 0 Å². The van der Waals surface area contributed by atoms with E-state index in [1.807, 2.05) is 0 Å². The van der Waals surface area contributed by atoms with Gasteiger partial charge in [0.2, 0.25) is 0 Å². The number of Topliss-reactive ketones (excluding diaryl/α,β-unsaturated/α-hetero) is 1. The molecule has 0 spiro atoms. The second-order valence-electron chi connectivity index (χ2n) is 1.63. The van der Waals surface area contributed by atoms with Crippen molar-refractivity contribution in [3.63, 3.8) is 0 Å². The van der Waals surface area contributed by atoms with E-state index in [4.69, 9.17) is 0 Å². The molecule has 0 unspecified atom stereocenters. The molecule has 4 nitrogen and oxygen atoms in total. The molecule has 0 radical (unpaired) electrons. The second-order valence-corrected chi connectivity index (χ2v) is 1.63. The van der Waals surface area contributed by atoms with Crippen molar-refractivity contribution in [2.24, 2.45) is 0 Å². The third-order valence-electron chi connectivity index (χ3n) is 0.979. The minimum Gasteiger partial charge on any atom is -0.366 e. The predicted octanol–water partition coefficient (Wildman–Crippen LogP) is -0.642. The smallest absolute Gasteiger partial charge is 0.175 e. The Labute approximate surface area is 58.2 Å². The van der Waals surface area contributed by atoms with Gasteiger partial charge in [-0.1, -0.05) is 0 Å². The summed E-state index contributed by atoms with van der Waals surface area (Å²) < 4.78 is 4.44. The van der Waals surface area contributed by atoms with Crippen molar-refractivity contribution in [2.45, 2.75) is 12.5 Å². The highest BCUT2D eigenvalue weighted by atomic mass is 16.5. The number of hydrogen-bond acceptors (Lipinski definition) is 4. The molecule has 0 amide bonds. The molecule has 0 aliphatic rings. The van der Waals surface area contributed by atoms with Crippen LogP contribution in [-0.4, -0.2) is 31.6 Å². The highest BCUT2D eigenvalue weighted by Crippen LogP contribution is 1.90. The molecule has 0 aliphatic carbocycles. The second kappa shape index (κ2) is 4.81. The summed E-state index contributed by atoms with van der Waals surface area (Å²) in [5, 5.41) is 0. The largest absolute Gasteiger partial charge is 0.366 e. The maximum absolute atomic E-state index is 10.6. The topological polar surface area (TPSA) is 60.4 Å². The van der Waals surface area contributed by atoms with Crippen molar-refractivity contribution in [2.75, 3.05) is 7.11 Å². The quantitative estimate of drug-likeness (QED) is 0.380. The zero-order valence-corrected chi connectivity index (χ0v) is 5.57. The first-order chi connectivity index (χ1) is 4.76. The number of methoxy groups -OCH3 is 1. The average molecular weight is 144 g/mol. The maximum atomic E-state index is 10.6. The van der Waals surface area contributed by atoms with Gasteiger partial charge in [-0.15, -0.1) is 0 Å². The molecule has 0 aliphatic heterocycles. The molecule has 0 heterocycles. The SMILES string of the molecule is CO[C@H](C=O)C(=O)CC=O. The Morgan fingerprint density at radius 3 is 2.50 bits per heavy atom. The summed E-state index contributed by atoms with van der Waals surface area (Å²) in [6.45, 7) is 0. The van der Waals surface area contributed by atoms with Crippen molar-refractivity contribution >= 4 is 18.4 Å². The average Bonchev–Trinajstić information content (AvgIpc) is 1.91. The Bertz CT molecular complexity index is 141. The molecular formula is C6H8O4. The maximum Gasteiger partial charge on any atom is 0.175 e. The van der Waals surface area contributed by atoms with Crippen LogP contribution in [0, 0.1) is 0 Å². The lowest BCUT2D eigenvalue weighted by molar-refractivity contribution is -0.135. The van der Waals surface area contributed by atoms with E-state index < -0.39 is 11.9 Å².